The minimum atomic E-state index is -2.77. The van der Waals surface area contributed by atoms with Gasteiger partial charge in [0.1, 0.15) is 5.69 Å². The van der Waals surface area contributed by atoms with Gasteiger partial charge in [0.25, 0.3) is 11.7 Å². The summed E-state index contributed by atoms with van der Waals surface area (Å²) in [5.74, 6) is -0.0556. The lowest BCUT2D eigenvalue weighted by Gasteiger charge is -2.09. The van der Waals surface area contributed by atoms with Crippen LogP contribution in [0, 0.1) is 6.92 Å². The van der Waals surface area contributed by atoms with Crippen LogP contribution in [0.15, 0.2) is 6.07 Å². The van der Waals surface area contributed by atoms with Gasteiger partial charge in [-0.1, -0.05) is 0 Å². The quantitative estimate of drug-likeness (QED) is 0.756. The van der Waals surface area contributed by atoms with Gasteiger partial charge in [0.2, 0.25) is 5.88 Å². The Labute approximate surface area is 90.0 Å². The van der Waals surface area contributed by atoms with Crippen molar-refractivity contribution in [3.63, 3.8) is 0 Å². The fraction of sp³-hybridized carbons (Fsp3) is 0.333. The van der Waals surface area contributed by atoms with Gasteiger partial charge < -0.3 is 4.74 Å². The number of nitrogens with zero attached hydrogens (tertiary/aromatic N) is 1. The maximum atomic E-state index is 12.5. The zero-order valence-corrected chi connectivity index (χ0v) is 8.81. The molecule has 1 aromatic rings. The van der Waals surface area contributed by atoms with Crippen LogP contribution < -0.4 is 4.74 Å². The van der Waals surface area contributed by atoms with Crippen LogP contribution in [-0.4, -0.2) is 17.3 Å². The highest BCUT2D eigenvalue weighted by Crippen LogP contribution is 2.27. The van der Waals surface area contributed by atoms with Crippen molar-refractivity contribution in [3.05, 3.63) is 22.9 Å². The number of methoxy groups -OCH3 is 1. The molecule has 1 heterocycles. The molecule has 15 heavy (non-hydrogen) atoms. The fourth-order valence-corrected chi connectivity index (χ4v) is 1.32. The summed E-state index contributed by atoms with van der Waals surface area (Å²) in [7, 11) is 1.27. The molecule has 0 aliphatic heterocycles. The number of aromatic nitrogens is 1. The Morgan fingerprint density at radius 3 is 2.60 bits per heavy atom. The Hall–Kier alpha value is -1.23. The van der Waals surface area contributed by atoms with E-state index in [-0.39, 0.29) is 17.0 Å². The summed E-state index contributed by atoms with van der Waals surface area (Å²) in [5, 5.41) is -0.810. The molecular weight excluding hydrogens is 228 g/mol. The molecule has 0 fully saturated rings. The highest BCUT2D eigenvalue weighted by Gasteiger charge is 2.19. The molecule has 0 amide bonds. The molecule has 0 spiro atoms. The van der Waals surface area contributed by atoms with Crippen molar-refractivity contribution >= 4 is 16.8 Å². The fourth-order valence-electron chi connectivity index (χ4n) is 1.13. The van der Waals surface area contributed by atoms with Crippen molar-refractivity contribution in [2.45, 2.75) is 13.3 Å². The second-order valence-corrected chi connectivity index (χ2v) is 3.14. The normalized spacial score (nSPS) is 10.5. The molecule has 0 saturated carbocycles. The van der Waals surface area contributed by atoms with Crippen molar-refractivity contribution < 1.29 is 18.3 Å². The molecule has 1 aromatic heterocycles. The molecule has 0 N–H and O–H groups in total. The zero-order chi connectivity index (χ0) is 11.6. The first kappa shape index (κ1) is 11.8. The Kier molecular flexibility index (Phi) is 3.57. The van der Waals surface area contributed by atoms with Crippen molar-refractivity contribution in [1.29, 1.82) is 0 Å². The molecule has 0 unspecified atom stereocenters. The van der Waals surface area contributed by atoms with Crippen molar-refractivity contribution in [1.82, 2.24) is 4.98 Å². The number of ether oxygens (including phenoxy) is 1. The summed E-state index contributed by atoms with van der Waals surface area (Å²) in [5.41, 5.74) is -0.428. The summed E-state index contributed by atoms with van der Waals surface area (Å²) in [6, 6.07) is 1.23. The summed E-state index contributed by atoms with van der Waals surface area (Å²) in [4.78, 5) is 14.5. The van der Waals surface area contributed by atoms with Gasteiger partial charge in [-0.3, -0.25) is 4.79 Å². The van der Waals surface area contributed by atoms with Crippen LogP contribution in [0.25, 0.3) is 0 Å². The number of hydrogen-bond donors (Lipinski definition) is 0. The molecule has 82 valence electrons. The van der Waals surface area contributed by atoms with Crippen molar-refractivity contribution in [2.24, 2.45) is 0 Å². The average molecular weight is 236 g/mol. The van der Waals surface area contributed by atoms with Crippen LogP contribution >= 0.6 is 11.6 Å². The topological polar surface area (TPSA) is 39.2 Å². The van der Waals surface area contributed by atoms with E-state index in [1.165, 1.54) is 20.1 Å². The van der Waals surface area contributed by atoms with E-state index in [0.29, 0.717) is 0 Å². The van der Waals surface area contributed by atoms with Gasteiger partial charge in [-0.2, -0.15) is 0 Å². The highest BCUT2D eigenvalue weighted by molar-refractivity contribution is 6.67. The molecule has 0 radical (unpaired) electrons. The Morgan fingerprint density at radius 2 is 2.20 bits per heavy atom. The Bertz CT molecular complexity index is 396. The van der Waals surface area contributed by atoms with Crippen LogP contribution in [0.5, 0.6) is 5.88 Å². The third kappa shape index (κ3) is 2.41. The first-order valence-electron chi connectivity index (χ1n) is 4.01. The number of hydrogen-bond acceptors (Lipinski definition) is 3. The zero-order valence-electron chi connectivity index (χ0n) is 8.05. The van der Waals surface area contributed by atoms with Gasteiger partial charge in [0.05, 0.1) is 7.11 Å². The van der Waals surface area contributed by atoms with Crippen LogP contribution in [0.1, 0.15) is 28.0 Å². The minimum absolute atomic E-state index is 0.0150. The smallest absolute Gasteiger partial charge is 0.280 e. The van der Waals surface area contributed by atoms with E-state index in [1.54, 1.807) is 0 Å². The molecule has 0 aromatic carbocycles. The third-order valence-electron chi connectivity index (χ3n) is 1.91. The number of rotatable bonds is 3. The summed E-state index contributed by atoms with van der Waals surface area (Å²) in [6.07, 6.45) is -2.77. The predicted molar refractivity (Wildman–Crippen MR) is 50.7 cm³/mol. The first-order chi connectivity index (χ1) is 6.97. The predicted octanol–water partition coefficient (Wildman–Crippen LogP) is 2.72. The maximum Gasteiger partial charge on any atom is 0.280 e. The van der Waals surface area contributed by atoms with Crippen molar-refractivity contribution in [2.75, 3.05) is 7.11 Å². The highest BCUT2D eigenvalue weighted by atomic mass is 35.5. The number of halogens is 3. The second kappa shape index (κ2) is 4.53. The molecule has 1 rings (SSSR count). The van der Waals surface area contributed by atoms with E-state index < -0.39 is 17.4 Å². The largest absolute Gasteiger partial charge is 0.481 e. The number of carbonyl (C=O) groups is 1. The molecule has 3 nitrogen and oxygen atoms in total. The van der Waals surface area contributed by atoms with E-state index in [0.717, 1.165) is 0 Å². The minimum Gasteiger partial charge on any atom is -0.481 e. The number of pyridine rings is 1. The van der Waals surface area contributed by atoms with Crippen LogP contribution in [0.3, 0.4) is 0 Å². The average Bonchev–Trinajstić information content (AvgIpc) is 2.17. The van der Waals surface area contributed by atoms with Gasteiger partial charge in [-0.05, 0) is 24.1 Å². The van der Waals surface area contributed by atoms with E-state index in [9.17, 15) is 13.6 Å². The molecule has 6 heteroatoms. The SMILES string of the molecule is COc1cc(C(=O)Cl)c(C)c(C(F)F)n1. The van der Waals surface area contributed by atoms with E-state index in [4.69, 9.17) is 16.3 Å². The molecular formula is C9H8ClF2NO2. The lowest BCUT2D eigenvalue weighted by atomic mass is 10.1. The Morgan fingerprint density at radius 1 is 1.60 bits per heavy atom. The number of carbonyl (C=O) groups excluding carboxylic acids is 1. The van der Waals surface area contributed by atoms with E-state index in [1.807, 2.05) is 0 Å². The maximum absolute atomic E-state index is 12.5. The second-order valence-electron chi connectivity index (χ2n) is 2.80. The van der Waals surface area contributed by atoms with E-state index in [2.05, 4.69) is 4.98 Å². The van der Waals surface area contributed by atoms with Crippen LogP contribution in [0.4, 0.5) is 8.78 Å². The lowest BCUT2D eigenvalue weighted by molar-refractivity contribution is 0.107. The monoisotopic (exact) mass is 235 g/mol. The summed E-state index contributed by atoms with van der Waals surface area (Å²) >= 11 is 5.25. The summed E-state index contributed by atoms with van der Waals surface area (Å²) in [6.45, 7) is 1.36. The van der Waals surface area contributed by atoms with Gasteiger partial charge in [0.15, 0.2) is 0 Å². The molecule has 0 aliphatic rings. The molecule has 0 bridgehead atoms. The molecule has 0 atom stereocenters. The van der Waals surface area contributed by atoms with Gasteiger partial charge >= 0.3 is 0 Å². The summed E-state index contributed by atoms with van der Waals surface area (Å²) < 4.78 is 29.7. The van der Waals surface area contributed by atoms with Gasteiger partial charge in [0, 0.05) is 11.6 Å². The van der Waals surface area contributed by atoms with Crippen molar-refractivity contribution in [3.8, 4) is 5.88 Å². The van der Waals surface area contributed by atoms with E-state index >= 15 is 0 Å². The Balaban J connectivity index is 3.40. The number of alkyl halides is 2. The van der Waals surface area contributed by atoms with Gasteiger partial charge in [-0.15, -0.1) is 0 Å². The van der Waals surface area contributed by atoms with Crippen LogP contribution in [-0.2, 0) is 0 Å². The molecule has 0 saturated heterocycles. The third-order valence-corrected chi connectivity index (χ3v) is 2.12. The lowest BCUT2D eigenvalue weighted by Crippen LogP contribution is -2.04. The van der Waals surface area contributed by atoms with Gasteiger partial charge in [-0.25, -0.2) is 13.8 Å². The first-order valence-corrected chi connectivity index (χ1v) is 4.38. The molecule has 0 aliphatic carbocycles. The van der Waals surface area contributed by atoms with Crippen LogP contribution in [0.2, 0.25) is 0 Å². The standard InChI is InChI=1S/C9H8ClF2NO2/c1-4-5(8(10)14)3-6(15-2)13-7(4)9(11)12/h3,9H,1-2H3.